The molecule has 1 heterocycles. The van der Waals surface area contributed by atoms with E-state index < -0.39 is 0 Å². The minimum Gasteiger partial charge on any atom is -0.493 e. The van der Waals surface area contributed by atoms with Crippen molar-refractivity contribution in [1.82, 2.24) is 9.78 Å². The summed E-state index contributed by atoms with van der Waals surface area (Å²) < 4.78 is 7.01. The number of hydrogen-bond acceptors (Lipinski definition) is 3. The van der Waals surface area contributed by atoms with Gasteiger partial charge < -0.3 is 4.74 Å². The van der Waals surface area contributed by atoms with E-state index >= 15 is 0 Å². The van der Waals surface area contributed by atoms with E-state index in [2.05, 4.69) is 5.10 Å². The molecule has 1 aliphatic rings. The highest BCUT2D eigenvalue weighted by atomic mass is 16.5. The summed E-state index contributed by atoms with van der Waals surface area (Å²) in [5.41, 5.74) is 0.627. The standard InChI is InChI=1S/C13H20N2O2/c1-8(2)15-12(11(17-4)7-14-15)13(16)9(3)10-5-6-10/h7-10H,5-6H2,1-4H3. The maximum absolute atomic E-state index is 12.5. The molecule has 4 heteroatoms. The van der Waals surface area contributed by atoms with Gasteiger partial charge in [-0.3, -0.25) is 9.48 Å². The van der Waals surface area contributed by atoms with Crippen LogP contribution in [0.15, 0.2) is 6.20 Å². The molecular weight excluding hydrogens is 216 g/mol. The Labute approximate surface area is 102 Å². The van der Waals surface area contributed by atoms with Gasteiger partial charge in [-0.15, -0.1) is 0 Å². The molecule has 4 nitrogen and oxygen atoms in total. The van der Waals surface area contributed by atoms with Gasteiger partial charge in [0.1, 0.15) is 5.69 Å². The van der Waals surface area contributed by atoms with Crippen LogP contribution < -0.4 is 4.74 Å². The summed E-state index contributed by atoms with van der Waals surface area (Å²) in [5.74, 6) is 1.40. The molecule has 1 fully saturated rings. The predicted octanol–water partition coefficient (Wildman–Crippen LogP) is 2.70. The Morgan fingerprint density at radius 2 is 2.12 bits per heavy atom. The number of nitrogens with zero attached hydrogens (tertiary/aromatic N) is 2. The topological polar surface area (TPSA) is 44.1 Å². The van der Waals surface area contributed by atoms with Crippen LogP contribution in [-0.2, 0) is 0 Å². The van der Waals surface area contributed by atoms with Crippen LogP contribution in [0.2, 0.25) is 0 Å². The summed E-state index contributed by atoms with van der Waals surface area (Å²) in [4.78, 5) is 12.5. The summed E-state index contributed by atoms with van der Waals surface area (Å²) in [6.45, 7) is 6.05. The lowest BCUT2D eigenvalue weighted by atomic mass is 9.98. The van der Waals surface area contributed by atoms with E-state index in [1.54, 1.807) is 18.0 Å². The Balaban J connectivity index is 2.33. The number of carbonyl (C=O) groups excluding carboxylic acids is 1. The summed E-state index contributed by atoms with van der Waals surface area (Å²) in [6.07, 6.45) is 3.98. The minimum atomic E-state index is 0.0816. The van der Waals surface area contributed by atoms with Crippen LogP contribution in [0.3, 0.4) is 0 Å². The monoisotopic (exact) mass is 236 g/mol. The van der Waals surface area contributed by atoms with E-state index in [9.17, 15) is 4.79 Å². The van der Waals surface area contributed by atoms with Gasteiger partial charge in [0, 0.05) is 12.0 Å². The highest BCUT2D eigenvalue weighted by molar-refractivity contribution is 5.98. The summed E-state index contributed by atoms with van der Waals surface area (Å²) >= 11 is 0. The average molecular weight is 236 g/mol. The molecule has 0 aliphatic heterocycles. The Hall–Kier alpha value is -1.32. The molecule has 1 atom stereocenters. The molecule has 1 aromatic rings. The van der Waals surface area contributed by atoms with Gasteiger partial charge in [0.25, 0.3) is 0 Å². The molecule has 0 bridgehead atoms. The van der Waals surface area contributed by atoms with Gasteiger partial charge in [0.15, 0.2) is 11.5 Å². The molecule has 17 heavy (non-hydrogen) atoms. The molecular formula is C13H20N2O2. The fourth-order valence-corrected chi connectivity index (χ4v) is 2.15. The van der Waals surface area contributed by atoms with Crippen molar-refractivity contribution in [3.63, 3.8) is 0 Å². The number of Topliss-reactive ketones (excluding diaryl/α,β-unsaturated/α-hetero) is 1. The van der Waals surface area contributed by atoms with Crippen molar-refractivity contribution in [1.29, 1.82) is 0 Å². The van der Waals surface area contributed by atoms with Crippen LogP contribution in [0.1, 0.15) is 50.1 Å². The van der Waals surface area contributed by atoms with Crippen LogP contribution in [0.5, 0.6) is 5.75 Å². The van der Waals surface area contributed by atoms with Crippen LogP contribution in [0.25, 0.3) is 0 Å². The first-order valence-corrected chi connectivity index (χ1v) is 6.22. The third-order valence-electron chi connectivity index (χ3n) is 3.45. The molecule has 0 amide bonds. The van der Waals surface area contributed by atoms with Gasteiger partial charge in [-0.05, 0) is 32.6 Å². The van der Waals surface area contributed by atoms with E-state index in [0.717, 1.165) is 0 Å². The molecule has 0 spiro atoms. The Morgan fingerprint density at radius 3 is 2.59 bits per heavy atom. The highest BCUT2D eigenvalue weighted by Crippen LogP contribution is 2.39. The lowest BCUT2D eigenvalue weighted by Crippen LogP contribution is -2.20. The van der Waals surface area contributed by atoms with Crippen LogP contribution in [0, 0.1) is 11.8 Å². The zero-order valence-electron chi connectivity index (χ0n) is 10.9. The van der Waals surface area contributed by atoms with Crippen LogP contribution in [-0.4, -0.2) is 22.7 Å². The van der Waals surface area contributed by atoms with Crippen molar-refractivity contribution in [3.8, 4) is 5.75 Å². The number of carbonyl (C=O) groups is 1. The zero-order chi connectivity index (χ0) is 12.6. The first-order chi connectivity index (χ1) is 8.06. The quantitative estimate of drug-likeness (QED) is 0.738. The lowest BCUT2D eigenvalue weighted by Gasteiger charge is -2.14. The molecule has 1 saturated carbocycles. The SMILES string of the molecule is COc1cnn(C(C)C)c1C(=O)C(C)C1CC1. The van der Waals surface area contributed by atoms with Crippen molar-refractivity contribution >= 4 is 5.78 Å². The molecule has 2 rings (SSSR count). The fourth-order valence-electron chi connectivity index (χ4n) is 2.15. The van der Waals surface area contributed by atoms with Crippen LogP contribution >= 0.6 is 0 Å². The second-order valence-corrected chi connectivity index (χ2v) is 5.09. The highest BCUT2D eigenvalue weighted by Gasteiger charge is 2.36. The molecule has 0 saturated heterocycles. The number of rotatable bonds is 5. The summed E-state index contributed by atoms with van der Waals surface area (Å²) in [6, 6.07) is 0.171. The lowest BCUT2D eigenvalue weighted by molar-refractivity contribution is 0.0900. The first-order valence-electron chi connectivity index (χ1n) is 6.22. The number of ketones is 1. The normalized spacial score (nSPS) is 17.2. The Kier molecular flexibility index (Phi) is 3.22. The van der Waals surface area contributed by atoms with Gasteiger partial charge in [0.05, 0.1) is 13.3 Å². The molecule has 1 unspecified atom stereocenters. The van der Waals surface area contributed by atoms with Gasteiger partial charge in [-0.25, -0.2) is 0 Å². The number of ether oxygens (including phenoxy) is 1. The maximum atomic E-state index is 12.5. The minimum absolute atomic E-state index is 0.0816. The summed E-state index contributed by atoms with van der Waals surface area (Å²) in [7, 11) is 1.58. The van der Waals surface area contributed by atoms with E-state index in [1.165, 1.54) is 12.8 Å². The second kappa shape index (κ2) is 4.51. The van der Waals surface area contributed by atoms with Crippen molar-refractivity contribution in [2.75, 3.05) is 7.11 Å². The maximum Gasteiger partial charge on any atom is 0.187 e. The van der Waals surface area contributed by atoms with Crippen molar-refractivity contribution in [3.05, 3.63) is 11.9 Å². The van der Waals surface area contributed by atoms with E-state index in [4.69, 9.17) is 4.74 Å². The van der Waals surface area contributed by atoms with Crippen molar-refractivity contribution < 1.29 is 9.53 Å². The molecule has 1 aromatic heterocycles. The predicted molar refractivity (Wildman–Crippen MR) is 65.4 cm³/mol. The molecule has 94 valence electrons. The molecule has 1 aliphatic carbocycles. The first kappa shape index (κ1) is 12.1. The number of hydrogen-bond donors (Lipinski definition) is 0. The van der Waals surface area contributed by atoms with Crippen molar-refractivity contribution in [2.24, 2.45) is 11.8 Å². The molecule has 0 radical (unpaired) electrons. The van der Waals surface area contributed by atoms with Gasteiger partial charge in [-0.2, -0.15) is 5.10 Å². The smallest absolute Gasteiger partial charge is 0.187 e. The largest absolute Gasteiger partial charge is 0.493 e. The average Bonchev–Trinajstić information content (AvgIpc) is 3.05. The van der Waals surface area contributed by atoms with Crippen molar-refractivity contribution in [2.45, 2.75) is 39.7 Å². The third-order valence-corrected chi connectivity index (χ3v) is 3.45. The molecule has 0 N–H and O–H groups in total. The summed E-state index contributed by atoms with van der Waals surface area (Å²) in [5, 5.41) is 4.24. The van der Waals surface area contributed by atoms with E-state index in [0.29, 0.717) is 17.4 Å². The zero-order valence-corrected chi connectivity index (χ0v) is 10.9. The Morgan fingerprint density at radius 1 is 1.47 bits per heavy atom. The number of methoxy groups -OCH3 is 1. The number of aromatic nitrogens is 2. The van der Waals surface area contributed by atoms with Gasteiger partial charge >= 0.3 is 0 Å². The Bertz CT molecular complexity index is 419. The van der Waals surface area contributed by atoms with Gasteiger partial charge in [-0.1, -0.05) is 6.92 Å². The van der Waals surface area contributed by atoms with Crippen LogP contribution in [0.4, 0.5) is 0 Å². The van der Waals surface area contributed by atoms with Gasteiger partial charge in [0.2, 0.25) is 0 Å². The third kappa shape index (κ3) is 2.21. The molecule has 0 aromatic carbocycles. The fraction of sp³-hybridized carbons (Fsp3) is 0.692. The van der Waals surface area contributed by atoms with E-state index in [-0.39, 0.29) is 17.7 Å². The van der Waals surface area contributed by atoms with E-state index in [1.807, 2.05) is 20.8 Å². The second-order valence-electron chi connectivity index (χ2n) is 5.09.